The molecule has 3 heterocycles. The van der Waals surface area contributed by atoms with Gasteiger partial charge in [0.2, 0.25) is 0 Å². The minimum atomic E-state index is -0.454. The summed E-state index contributed by atoms with van der Waals surface area (Å²) in [5.74, 6) is 0.459. The van der Waals surface area contributed by atoms with Gasteiger partial charge in [-0.3, -0.25) is 4.79 Å². The predicted octanol–water partition coefficient (Wildman–Crippen LogP) is 2.25. The largest absolute Gasteiger partial charge is 0.356 e. The van der Waals surface area contributed by atoms with Crippen molar-refractivity contribution in [3.05, 3.63) is 47.4 Å². The van der Waals surface area contributed by atoms with Crippen LogP contribution in [0.2, 0.25) is 0 Å². The maximum Gasteiger partial charge on any atom is 0.274 e. The number of carbonyl (C=O) groups excluding carboxylic acids is 1. The van der Waals surface area contributed by atoms with Crippen LogP contribution in [0.15, 0.2) is 30.3 Å². The van der Waals surface area contributed by atoms with Crippen LogP contribution in [0.3, 0.4) is 0 Å². The number of hydrogen-bond acceptors (Lipinski definition) is 7. The zero-order valence-corrected chi connectivity index (χ0v) is 15.6. The van der Waals surface area contributed by atoms with Crippen LogP contribution in [-0.4, -0.2) is 48.0 Å². The zero-order chi connectivity index (χ0) is 19.6. The Balaban J connectivity index is 1.49. The van der Waals surface area contributed by atoms with Crippen LogP contribution in [0.5, 0.6) is 0 Å². The third-order valence-corrected chi connectivity index (χ3v) is 4.97. The highest BCUT2D eigenvalue weighted by atomic mass is 16.7. The number of nitrogens with zero attached hydrogens (tertiary/aromatic N) is 4. The number of benzene rings is 1. The second-order valence-electron chi connectivity index (χ2n) is 6.90. The van der Waals surface area contributed by atoms with Crippen molar-refractivity contribution >= 4 is 17.4 Å². The Morgan fingerprint density at radius 1 is 1.21 bits per heavy atom. The van der Waals surface area contributed by atoms with Crippen LogP contribution in [0.4, 0.5) is 11.5 Å². The van der Waals surface area contributed by atoms with Crippen molar-refractivity contribution in [3.8, 4) is 6.07 Å². The highest BCUT2D eigenvalue weighted by molar-refractivity contribution is 6.03. The van der Waals surface area contributed by atoms with E-state index in [2.05, 4.69) is 26.3 Å². The van der Waals surface area contributed by atoms with Gasteiger partial charge in [0.05, 0.1) is 24.8 Å². The normalized spacial score (nSPS) is 18.1. The lowest BCUT2D eigenvalue weighted by molar-refractivity contribution is -0.169. The number of hydrogen-bond donors (Lipinski definition) is 1. The summed E-state index contributed by atoms with van der Waals surface area (Å²) in [4.78, 5) is 23.6. The summed E-state index contributed by atoms with van der Waals surface area (Å²) in [6, 6.07) is 10.5. The summed E-state index contributed by atoms with van der Waals surface area (Å²) < 4.78 is 11.5. The maximum atomic E-state index is 12.7. The molecule has 8 nitrogen and oxygen atoms in total. The van der Waals surface area contributed by atoms with Gasteiger partial charge < -0.3 is 19.7 Å². The van der Waals surface area contributed by atoms with Crippen molar-refractivity contribution < 1.29 is 14.3 Å². The number of aryl methyl sites for hydroxylation is 1. The van der Waals surface area contributed by atoms with Gasteiger partial charge in [0.15, 0.2) is 5.79 Å². The molecular weight excluding hydrogens is 358 g/mol. The molecule has 1 spiro atoms. The number of anilines is 2. The fourth-order valence-corrected chi connectivity index (χ4v) is 3.55. The number of amides is 1. The van der Waals surface area contributed by atoms with E-state index in [4.69, 9.17) is 14.7 Å². The van der Waals surface area contributed by atoms with E-state index in [1.165, 1.54) is 0 Å². The van der Waals surface area contributed by atoms with Crippen LogP contribution < -0.4 is 10.2 Å². The van der Waals surface area contributed by atoms with Crippen LogP contribution >= 0.6 is 0 Å². The molecule has 1 N–H and O–H groups in total. The fraction of sp³-hybridized carbons (Fsp3) is 0.400. The molecule has 1 aromatic heterocycles. The van der Waals surface area contributed by atoms with Crippen molar-refractivity contribution in [1.82, 2.24) is 9.97 Å². The molecule has 0 bridgehead atoms. The number of ether oxygens (including phenoxy) is 2. The monoisotopic (exact) mass is 379 g/mol. The highest BCUT2D eigenvalue weighted by Crippen LogP contribution is 2.32. The van der Waals surface area contributed by atoms with Gasteiger partial charge in [-0.25, -0.2) is 9.97 Å². The Hall–Kier alpha value is -3.02. The number of rotatable bonds is 3. The molecule has 28 heavy (non-hydrogen) atoms. The average molecular weight is 379 g/mol. The van der Waals surface area contributed by atoms with E-state index >= 15 is 0 Å². The first-order valence-corrected chi connectivity index (χ1v) is 9.27. The number of carbonyl (C=O) groups is 1. The lowest BCUT2D eigenvalue weighted by atomic mass is 10.0. The van der Waals surface area contributed by atoms with E-state index in [0.717, 1.165) is 31.7 Å². The Morgan fingerprint density at radius 2 is 1.96 bits per heavy atom. The van der Waals surface area contributed by atoms with Crippen molar-refractivity contribution in [2.45, 2.75) is 25.6 Å². The molecule has 2 aliphatic rings. The molecule has 8 heteroatoms. The molecule has 2 aliphatic heterocycles. The van der Waals surface area contributed by atoms with E-state index in [1.807, 2.05) is 0 Å². The van der Waals surface area contributed by atoms with Gasteiger partial charge in [0.1, 0.15) is 17.3 Å². The van der Waals surface area contributed by atoms with Gasteiger partial charge in [0, 0.05) is 37.7 Å². The van der Waals surface area contributed by atoms with Crippen LogP contribution in [0.1, 0.15) is 34.7 Å². The lowest BCUT2D eigenvalue weighted by Crippen LogP contribution is -2.45. The number of nitriles is 1. The summed E-state index contributed by atoms with van der Waals surface area (Å²) >= 11 is 0. The standard InChI is InChI=1S/C20H21N5O3/c1-14-22-17(19(26)24-16-4-2-3-15(11-16)13-21)12-18(23-14)25-7-5-20(6-8-25)27-9-10-28-20/h2-4,11-12H,5-10H2,1H3,(H,24,26). The minimum Gasteiger partial charge on any atom is -0.356 e. The number of piperidine rings is 1. The molecule has 4 rings (SSSR count). The van der Waals surface area contributed by atoms with E-state index in [9.17, 15) is 4.79 Å². The Bertz CT molecular complexity index is 924. The Labute approximate surface area is 163 Å². The average Bonchev–Trinajstić information content (AvgIpc) is 3.16. The third kappa shape index (κ3) is 3.81. The third-order valence-electron chi connectivity index (χ3n) is 4.97. The van der Waals surface area contributed by atoms with Crippen LogP contribution in [0.25, 0.3) is 0 Å². The van der Waals surface area contributed by atoms with Crippen molar-refractivity contribution in [1.29, 1.82) is 5.26 Å². The summed E-state index contributed by atoms with van der Waals surface area (Å²) in [6.45, 7) is 4.53. The van der Waals surface area contributed by atoms with Gasteiger partial charge in [-0.2, -0.15) is 5.26 Å². The van der Waals surface area contributed by atoms with Crippen molar-refractivity contribution in [3.63, 3.8) is 0 Å². The quantitative estimate of drug-likeness (QED) is 0.873. The van der Waals surface area contributed by atoms with Crippen LogP contribution in [-0.2, 0) is 9.47 Å². The molecule has 0 atom stereocenters. The number of aromatic nitrogens is 2. The van der Waals surface area contributed by atoms with Crippen LogP contribution in [0, 0.1) is 18.3 Å². The van der Waals surface area contributed by atoms with Gasteiger partial charge in [-0.05, 0) is 25.1 Å². The molecule has 2 aromatic rings. The topological polar surface area (TPSA) is 100 Å². The van der Waals surface area contributed by atoms with Crippen molar-refractivity contribution in [2.75, 3.05) is 36.5 Å². The summed E-state index contributed by atoms with van der Waals surface area (Å²) in [5.41, 5.74) is 1.33. The molecule has 1 aromatic carbocycles. The zero-order valence-electron chi connectivity index (χ0n) is 15.6. The molecule has 0 radical (unpaired) electrons. The maximum absolute atomic E-state index is 12.7. The summed E-state index contributed by atoms with van der Waals surface area (Å²) in [6.07, 6.45) is 1.52. The van der Waals surface area contributed by atoms with Gasteiger partial charge in [-0.15, -0.1) is 0 Å². The first-order valence-electron chi connectivity index (χ1n) is 9.27. The molecule has 0 unspecified atom stereocenters. The Morgan fingerprint density at radius 3 is 2.68 bits per heavy atom. The molecule has 0 aliphatic carbocycles. The molecular formula is C20H21N5O3. The van der Waals surface area contributed by atoms with Gasteiger partial charge in [0.25, 0.3) is 5.91 Å². The first kappa shape index (κ1) is 18.3. The smallest absolute Gasteiger partial charge is 0.274 e. The summed E-state index contributed by atoms with van der Waals surface area (Å²) in [5, 5.41) is 11.8. The molecule has 2 saturated heterocycles. The van der Waals surface area contributed by atoms with E-state index in [0.29, 0.717) is 36.0 Å². The number of nitrogens with one attached hydrogen (secondary N) is 1. The second kappa shape index (κ2) is 7.54. The fourth-order valence-electron chi connectivity index (χ4n) is 3.55. The lowest BCUT2D eigenvalue weighted by Gasteiger charge is -2.38. The molecule has 0 saturated carbocycles. The minimum absolute atomic E-state index is 0.290. The molecule has 1 amide bonds. The van der Waals surface area contributed by atoms with Gasteiger partial charge in [-0.1, -0.05) is 6.07 Å². The second-order valence-corrected chi connectivity index (χ2v) is 6.90. The molecule has 2 fully saturated rings. The highest BCUT2D eigenvalue weighted by Gasteiger charge is 2.40. The van der Waals surface area contributed by atoms with E-state index in [-0.39, 0.29) is 5.91 Å². The Kier molecular flexibility index (Phi) is 4.94. The SMILES string of the molecule is Cc1nc(C(=O)Nc2cccc(C#N)c2)cc(N2CCC3(CC2)OCCO3)n1. The predicted molar refractivity (Wildman–Crippen MR) is 102 cm³/mol. The molecule has 144 valence electrons. The first-order chi connectivity index (χ1) is 13.6. The van der Waals surface area contributed by atoms with Crippen molar-refractivity contribution in [2.24, 2.45) is 0 Å². The van der Waals surface area contributed by atoms with E-state index in [1.54, 1.807) is 37.3 Å². The van der Waals surface area contributed by atoms with E-state index < -0.39 is 5.79 Å². The van der Waals surface area contributed by atoms with Gasteiger partial charge >= 0.3 is 0 Å². The summed E-state index contributed by atoms with van der Waals surface area (Å²) in [7, 11) is 0.